The van der Waals surface area contributed by atoms with E-state index in [1.807, 2.05) is 0 Å². The minimum atomic E-state index is 0.389. The van der Waals surface area contributed by atoms with Gasteiger partial charge in [-0.3, -0.25) is 0 Å². The predicted octanol–water partition coefficient (Wildman–Crippen LogP) is 2.39. The minimum Gasteiger partial charge on any atom is -0.398 e. The normalized spacial score (nSPS) is 19.6. The molecular formula is C12H22N2. The zero-order valence-electron chi connectivity index (χ0n) is 9.56. The van der Waals surface area contributed by atoms with E-state index in [0.717, 1.165) is 12.2 Å². The van der Waals surface area contributed by atoms with Crippen LogP contribution in [0.5, 0.6) is 0 Å². The first-order valence-corrected chi connectivity index (χ1v) is 5.43. The van der Waals surface area contributed by atoms with Crippen LogP contribution in [0.3, 0.4) is 0 Å². The molecule has 14 heavy (non-hydrogen) atoms. The fourth-order valence-corrected chi connectivity index (χ4v) is 1.77. The molecule has 0 heterocycles. The van der Waals surface area contributed by atoms with Gasteiger partial charge in [0, 0.05) is 12.2 Å². The van der Waals surface area contributed by atoms with Crippen molar-refractivity contribution in [1.82, 2.24) is 5.32 Å². The number of hydrogen-bond donors (Lipinski definition) is 2. The molecule has 0 unspecified atom stereocenters. The van der Waals surface area contributed by atoms with Crippen molar-refractivity contribution in [2.24, 2.45) is 17.1 Å². The lowest BCUT2D eigenvalue weighted by Crippen LogP contribution is -2.20. The predicted molar refractivity (Wildman–Crippen MR) is 61.6 cm³/mol. The summed E-state index contributed by atoms with van der Waals surface area (Å²) >= 11 is 0. The van der Waals surface area contributed by atoms with Crippen LogP contribution in [0.25, 0.3) is 0 Å². The monoisotopic (exact) mass is 194 g/mol. The van der Waals surface area contributed by atoms with Crippen LogP contribution in [-0.2, 0) is 0 Å². The van der Waals surface area contributed by atoms with Gasteiger partial charge in [-0.2, -0.15) is 0 Å². The Labute approximate surface area is 87.3 Å². The summed E-state index contributed by atoms with van der Waals surface area (Å²) in [5, 5.41) is 3.27. The SMILES string of the molecule is C=C(N)/C(=C\C1(C(C)C)CC1)NCC. The van der Waals surface area contributed by atoms with Crippen LogP contribution in [0.15, 0.2) is 24.0 Å². The molecule has 0 bridgehead atoms. The standard InChI is InChI=1S/C12H22N2/c1-5-14-11(10(4)13)8-12(6-7-12)9(2)3/h8-9,14H,4-7,13H2,1-3H3/b11-8+. The Hall–Kier alpha value is -0.920. The number of hydrogen-bond acceptors (Lipinski definition) is 2. The largest absolute Gasteiger partial charge is 0.398 e. The van der Waals surface area contributed by atoms with Gasteiger partial charge in [-0.05, 0) is 31.1 Å². The molecule has 0 aromatic carbocycles. The van der Waals surface area contributed by atoms with Gasteiger partial charge in [0.2, 0.25) is 0 Å². The molecule has 1 aliphatic carbocycles. The summed E-state index contributed by atoms with van der Waals surface area (Å²) in [4.78, 5) is 0. The summed E-state index contributed by atoms with van der Waals surface area (Å²) in [6.45, 7) is 11.3. The van der Waals surface area contributed by atoms with Gasteiger partial charge in [-0.25, -0.2) is 0 Å². The van der Waals surface area contributed by atoms with E-state index in [9.17, 15) is 0 Å². The van der Waals surface area contributed by atoms with Crippen LogP contribution < -0.4 is 11.1 Å². The van der Waals surface area contributed by atoms with E-state index in [2.05, 4.69) is 38.7 Å². The molecule has 0 amide bonds. The number of nitrogens with two attached hydrogens (primary N) is 1. The lowest BCUT2D eigenvalue weighted by molar-refractivity contribution is 0.443. The van der Waals surface area contributed by atoms with Crippen LogP contribution in [-0.4, -0.2) is 6.54 Å². The topological polar surface area (TPSA) is 38.0 Å². The van der Waals surface area contributed by atoms with E-state index in [1.165, 1.54) is 12.8 Å². The van der Waals surface area contributed by atoms with Gasteiger partial charge >= 0.3 is 0 Å². The maximum Gasteiger partial charge on any atom is 0.0532 e. The molecule has 80 valence electrons. The molecule has 0 spiro atoms. The molecule has 2 heteroatoms. The van der Waals surface area contributed by atoms with Gasteiger partial charge in [0.05, 0.1) is 5.70 Å². The van der Waals surface area contributed by atoms with Crippen LogP contribution in [0.4, 0.5) is 0 Å². The fourth-order valence-electron chi connectivity index (χ4n) is 1.77. The zero-order valence-corrected chi connectivity index (χ0v) is 9.56. The number of likely N-dealkylation sites (N-methyl/N-ethyl adjacent to an activating group) is 1. The second-order valence-corrected chi connectivity index (χ2v) is 4.50. The molecule has 0 aromatic heterocycles. The average molecular weight is 194 g/mol. The molecule has 2 nitrogen and oxygen atoms in total. The van der Waals surface area contributed by atoms with Crippen molar-refractivity contribution in [2.75, 3.05) is 6.54 Å². The van der Waals surface area contributed by atoms with E-state index in [-0.39, 0.29) is 0 Å². The first kappa shape index (κ1) is 11.2. The van der Waals surface area contributed by atoms with Crippen molar-refractivity contribution >= 4 is 0 Å². The third kappa shape index (κ3) is 2.31. The van der Waals surface area contributed by atoms with Crippen LogP contribution in [0, 0.1) is 11.3 Å². The average Bonchev–Trinajstić information content (AvgIpc) is 2.84. The Morgan fingerprint density at radius 1 is 1.57 bits per heavy atom. The summed E-state index contributed by atoms with van der Waals surface area (Å²) < 4.78 is 0. The van der Waals surface area contributed by atoms with Crippen molar-refractivity contribution in [2.45, 2.75) is 33.6 Å². The lowest BCUT2D eigenvalue weighted by atomic mass is 9.91. The van der Waals surface area contributed by atoms with Gasteiger partial charge in [-0.15, -0.1) is 0 Å². The van der Waals surface area contributed by atoms with Crippen molar-refractivity contribution in [3.63, 3.8) is 0 Å². The highest BCUT2D eigenvalue weighted by molar-refractivity contribution is 5.28. The molecule has 1 rings (SSSR count). The summed E-state index contributed by atoms with van der Waals surface area (Å²) in [5.74, 6) is 0.690. The maximum absolute atomic E-state index is 5.73. The van der Waals surface area contributed by atoms with E-state index in [1.54, 1.807) is 0 Å². The summed E-state index contributed by atoms with van der Waals surface area (Å²) in [6.07, 6.45) is 4.85. The van der Waals surface area contributed by atoms with Gasteiger partial charge in [0.25, 0.3) is 0 Å². The molecule has 1 aliphatic rings. The highest BCUT2D eigenvalue weighted by Crippen LogP contribution is 2.53. The number of rotatable bonds is 5. The highest BCUT2D eigenvalue weighted by atomic mass is 14.9. The first-order chi connectivity index (χ1) is 6.52. The Morgan fingerprint density at radius 3 is 2.43 bits per heavy atom. The van der Waals surface area contributed by atoms with Crippen molar-refractivity contribution in [3.8, 4) is 0 Å². The van der Waals surface area contributed by atoms with Crippen LogP contribution >= 0.6 is 0 Å². The third-order valence-electron chi connectivity index (χ3n) is 3.12. The molecule has 1 fully saturated rings. The third-order valence-corrected chi connectivity index (χ3v) is 3.12. The van der Waals surface area contributed by atoms with Gasteiger partial charge in [-0.1, -0.05) is 26.5 Å². The lowest BCUT2D eigenvalue weighted by Gasteiger charge is -2.18. The van der Waals surface area contributed by atoms with Crippen molar-refractivity contribution in [3.05, 3.63) is 24.0 Å². The molecule has 0 aromatic rings. The van der Waals surface area contributed by atoms with Gasteiger partial charge in [0.15, 0.2) is 0 Å². The highest BCUT2D eigenvalue weighted by Gasteiger charge is 2.43. The smallest absolute Gasteiger partial charge is 0.0532 e. The maximum atomic E-state index is 5.73. The summed E-state index contributed by atoms with van der Waals surface area (Å²) in [5.41, 5.74) is 7.80. The number of nitrogens with one attached hydrogen (secondary N) is 1. The van der Waals surface area contributed by atoms with E-state index in [0.29, 0.717) is 17.0 Å². The van der Waals surface area contributed by atoms with E-state index >= 15 is 0 Å². The zero-order chi connectivity index (χ0) is 10.8. The quantitative estimate of drug-likeness (QED) is 0.659. The summed E-state index contributed by atoms with van der Waals surface area (Å²) in [7, 11) is 0. The van der Waals surface area contributed by atoms with Crippen molar-refractivity contribution < 1.29 is 0 Å². The number of allylic oxidation sites excluding steroid dienone is 1. The van der Waals surface area contributed by atoms with Crippen molar-refractivity contribution in [1.29, 1.82) is 0 Å². The molecule has 0 radical (unpaired) electrons. The minimum absolute atomic E-state index is 0.389. The second-order valence-electron chi connectivity index (χ2n) is 4.50. The molecule has 0 atom stereocenters. The molecule has 0 aliphatic heterocycles. The Kier molecular flexibility index (Phi) is 3.25. The molecule has 1 saturated carbocycles. The Morgan fingerprint density at radius 2 is 2.14 bits per heavy atom. The van der Waals surface area contributed by atoms with Gasteiger partial charge < -0.3 is 11.1 Å². The fraction of sp³-hybridized carbons (Fsp3) is 0.667. The van der Waals surface area contributed by atoms with E-state index < -0.39 is 0 Å². The second kappa shape index (κ2) is 4.07. The molecule has 0 saturated heterocycles. The molecule has 3 N–H and O–H groups in total. The Balaban J connectivity index is 2.77. The van der Waals surface area contributed by atoms with Gasteiger partial charge in [0.1, 0.15) is 0 Å². The van der Waals surface area contributed by atoms with Crippen LogP contribution in [0.1, 0.15) is 33.6 Å². The summed E-state index contributed by atoms with van der Waals surface area (Å²) in [6, 6.07) is 0. The van der Waals surface area contributed by atoms with Crippen LogP contribution in [0.2, 0.25) is 0 Å². The Bertz CT molecular complexity index is 247. The van der Waals surface area contributed by atoms with E-state index in [4.69, 9.17) is 5.73 Å². The first-order valence-electron chi connectivity index (χ1n) is 5.43. The molecular weight excluding hydrogens is 172 g/mol.